The Morgan fingerprint density at radius 3 is 2.72 bits per heavy atom. The Morgan fingerprint density at radius 2 is 1.94 bits per heavy atom. The molecule has 1 saturated carbocycles. The van der Waals surface area contributed by atoms with E-state index >= 15 is 0 Å². The molecular weight excluding hydrogens is 222 g/mol. The summed E-state index contributed by atoms with van der Waals surface area (Å²) in [7, 11) is 0. The number of benzene rings is 1. The third kappa shape index (κ3) is 2.16. The number of fused-ring (bicyclic) bond motifs is 1. The summed E-state index contributed by atoms with van der Waals surface area (Å²) < 4.78 is 0. The lowest BCUT2D eigenvalue weighted by Gasteiger charge is -2.26. The predicted molar refractivity (Wildman–Crippen MR) is 73.8 cm³/mol. The summed E-state index contributed by atoms with van der Waals surface area (Å²) in [6.45, 7) is 0. The Morgan fingerprint density at radius 1 is 1.17 bits per heavy atom. The lowest BCUT2D eigenvalue weighted by molar-refractivity contribution is -0.108. The van der Waals surface area contributed by atoms with Gasteiger partial charge in [-0.15, -0.1) is 0 Å². The maximum Gasteiger partial charge on any atom is 0.142 e. The van der Waals surface area contributed by atoms with Gasteiger partial charge in [0.15, 0.2) is 0 Å². The van der Waals surface area contributed by atoms with Gasteiger partial charge in [-0.2, -0.15) is 0 Å². The molecule has 3 rings (SSSR count). The molecule has 0 amide bonds. The van der Waals surface area contributed by atoms with Crippen LogP contribution >= 0.6 is 0 Å². The average molecular weight is 243 g/mol. The minimum atomic E-state index is -0.00988. The van der Waals surface area contributed by atoms with Crippen molar-refractivity contribution in [2.24, 2.45) is 5.92 Å². The molecule has 1 heterocycles. The zero-order chi connectivity index (χ0) is 12.4. The first-order chi connectivity index (χ1) is 8.88. The number of nitrogens with one attached hydrogen (secondary N) is 1. The van der Waals surface area contributed by atoms with E-state index < -0.39 is 0 Å². The Labute approximate surface area is 109 Å². The molecule has 18 heavy (non-hydrogen) atoms. The molecular formula is C16H21NO. The summed E-state index contributed by atoms with van der Waals surface area (Å²) in [5.74, 6) is 1.21. The highest BCUT2D eigenvalue weighted by molar-refractivity contribution is 5.73. The third-order valence-electron chi connectivity index (χ3n) is 4.57. The number of aldehydes is 1. The second-order valence-corrected chi connectivity index (χ2v) is 5.74. The maximum absolute atomic E-state index is 11.3. The summed E-state index contributed by atoms with van der Waals surface area (Å²) in [6.07, 6.45) is 9.11. The number of hydrogen-bond acceptors (Lipinski definition) is 2. The van der Waals surface area contributed by atoms with E-state index in [9.17, 15) is 4.79 Å². The third-order valence-corrected chi connectivity index (χ3v) is 4.57. The molecule has 0 bridgehead atoms. The lowest BCUT2D eigenvalue weighted by atomic mass is 9.79. The fourth-order valence-corrected chi connectivity index (χ4v) is 3.61. The number of rotatable bonds is 3. The monoisotopic (exact) mass is 243 g/mol. The highest BCUT2D eigenvalue weighted by Crippen LogP contribution is 2.41. The minimum Gasteiger partial charge on any atom is -0.375 e. The van der Waals surface area contributed by atoms with Gasteiger partial charge in [0, 0.05) is 11.6 Å². The van der Waals surface area contributed by atoms with E-state index in [1.807, 2.05) is 6.07 Å². The first-order valence-electron chi connectivity index (χ1n) is 7.19. The molecule has 1 N–H and O–H groups in total. The summed E-state index contributed by atoms with van der Waals surface area (Å²) in [4.78, 5) is 11.3. The van der Waals surface area contributed by atoms with E-state index in [0.29, 0.717) is 5.92 Å². The van der Waals surface area contributed by atoms with Crippen molar-refractivity contribution in [1.29, 1.82) is 0 Å². The maximum atomic E-state index is 11.3. The van der Waals surface area contributed by atoms with Crippen molar-refractivity contribution in [3.63, 3.8) is 0 Å². The van der Waals surface area contributed by atoms with Crippen LogP contribution in [-0.2, 0) is 4.79 Å². The van der Waals surface area contributed by atoms with Crippen molar-refractivity contribution in [2.75, 3.05) is 5.32 Å². The Bertz CT molecular complexity index is 423. The van der Waals surface area contributed by atoms with Crippen LogP contribution in [0.2, 0.25) is 0 Å². The molecule has 0 spiro atoms. The van der Waals surface area contributed by atoms with E-state index in [-0.39, 0.29) is 6.04 Å². The number of carbonyl (C=O) groups is 1. The van der Waals surface area contributed by atoms with E-state index in [1.54, 1.807) is 0 Å². The molecule has 1 aliphatic heterocycles. The highest BCUT2D eigenvalue weighted by atomic mass is 16.1. The van der Waals surface area contributed by atoms with Gasteiger partial charge in [-0.25, -0.2) is 0 Å². The van der Waals surface area contributed by atoms with Gasteiger partial charge in [-0.1, -0.05) is 50.3 Å². The van der Waals surface area contributed by atoms with Gasteiger partial charge in [-0.05, 0) is 24.0 Å². The van der Waals surface area contributed by atoms with Crippen molar-refractivity contribution < 1.29 is 4.79 Å². The van der Waals surface area contributed by atoms with Crippen LogP contribution in [0, 0.1) is 5.92 Å². The molecule has 1 aromatic rings. The van der Waals surface area contributed by atoms with E-state index in [2.05, 4.69) is 23.5 Å². The normalized spacial score (nSPS) is 27.6. The molecule has 96 valence electrons. The van der Waals surface area contributed by atoms with Crippen molar-refractivity contribution in [3.05, 3.63) is 29.8 Å². The van der Waals surface area contributed by atoms with Gasteiger partial charge in [0.2, 0.25) is 0 Å². The highest BCUT2D eigenvalue weighted by Gasteiger charge is 2.33. The second kappa shape index (κ2) is 5.13. The summed E-state index contributed by atoms with van der Waals surface area (Å²) in [5, 5.41) is 3.36. The minimum absolute atomic E-state index is 0.00988. The van der Waals surface area contributed by atoms with Gasteiger partial charge in [0.1, 0.15) is 6.29 Å². The molecule has 1 aliphatic carbocycles. The number of para-hydroxylation sites is 1. The van der Waals surface area contributed by atoms with Gasteiger partial charge >= 0.3 is 0 Å². The standard InChI is InChI=1S/C16H21NO/c18-11-16-14(10-12-6-2-1-3-7-12)13-8-4-5-9-15(13)17-16/h4-5,8-9,11-12,14,16-17H,1-3,6-7,10H2. The van der Waals surface area contributed by atoms with Crippen molar-refractivity contribution in [3.8, 4) is 0 Å². The molecule has 1 fully saturated rings. The molecule has 2 heteroatoms. The predicted octanol–water partition coefficient (Wildman–Crippen LogP) is 3.73. The Kier molecular flexibility index (Phi) is 3.35. The zero-order valence-corrected chi connectivity index (χ0v) is 10.8. The molecule has 0 saturated heterocycles. The topological polar surface area (TPSA) is 29.1 Å². The number of hydrogen-bond donors (Lipinski definition) is 1. The van der Waals surface area contributed by atoms with Gasteiger partial charge < -0.3 is 10.1 Å². The first kappa shape index (κ1) is 11.8. The van der Waals surface area contributed by atoms with Crippen LogP contribution in [0.4, 0.5) is 5.69 Å². The SMILES string of the molecule is O=CC1Nc2ccccc2C1CC1CCCCC1. The van der Waals surface area contributed by atoms with Crippen molar-refractivity contribution in [1.82, 2.24) is 0 Å². The molecule has 2 unspecified atom stereocenters. The Balaban J connectivity index is 1.78. The van der Waals surface area contributed by atoms with E-state index in [4.69, 9.17) is 0 Å². The molecule has 0 radical (unpaired) electrons. The quantitative estimate of drug-likeness (QED) is 0.819. The fourth-order valence-electron chi connectivity index (χ4n) is 3.61. The second-order valence-electron chi connectivity index (χ2n) is 5.74. The number of carbonyl (C=O) groups excluding carboxylic acids is 1. The summed E-state index contributed by atoms with van der Waals surface area (Å²) in [5.41, 5.74) is 2.51. The largest absolute Gasteiger partial charge is 0.375 e. The average Bonchev–Trinajstić information content (AvgIpc) is 2.78. The van der Waals surface area contributed by atoms with Crippen LogP contribution < -0.4 is 5.32 Å². The van der Waals surface area contributed by atoms with E-state index in [0.717, 1.165) is 17.9 Å². The van der Waals surface area contributed by atoms with Crippen molar-refractivity contribution in [2.45, 2.75) is 50.5 Å². The van der Waals surface area contributed by atoms with Crippen LogP contribution in [0.25, 0.3) is 0 Å². The summed E-state index contributed by atoms with van der Waals surface area (Å²) in [6, 6.07) is 8.38. The van der Waals surface area contributed by atoms with Crippen molar-refractivity contribution >= 4 is 12.0 Å². The zero-order valence-electron chi connectivity index (χ0n) is 10.8. The van der Waals surface area contributed by atoms with Crippen LogP contribution in [0.1, 0.15) is 50.0 Å². The lowest BCUT2D eigenvalue weighted by Crippen LogP contribution is -2.24. The van der Waals surface area contributed by atoms with Gasteiger partial charge in [-0.3, -0.25) is 0 Å². The Hall–Kier alpha value is -1.31. The van der Waals surface area contributed by atoms with E-state index in [1.165, 1.54) is 44.1 Å². The fraction of sp³-hybridized carbons (Fsp3) is 0.562. The molecule has 2 atom stereocenters. The molecule has 1 aromatic carbocycles. The van der Waals surface area contributed by atoms with Gasteiger partial charge in [0.05, 0.1) is 6.04 Å². The van der Waals surface area contributed by atoms with Crippen LogP contribution in [-0.4, -0.2) is 12.3 Å². The molecule has 2 nitrogen and oxygen atoms in total. The summed E-state index contributed by atoms with van der Waals surface area (Å²) >= 11 is 0. The van der Waals surface area contributed by atoms with Crippen LogP contribution in [0.15, 0.2) is 24.3 Å². The molecule has 2 aliphatic rings. The van der Waals surface area contributed by atoms with Gasteiger partial charge in [0.25, 0.3) is 0 Å². The smallest absolute Gasteiger partial charge is 0.142 e. The van der Waals surface area contributed by atoms with Crippen LogP contribution in [0.5, 0.6) is 0 Å². The number of anilines is 1. The van der Waals surface area contributed by atoms with Crippen LogP contribution in [0.3, 0.4) is 0 Å². The first-order valence-corrected chi connectivity index (χ1v) is 7.19. The molecule has 0 aromatic heterocycles.